The number of anilines is 3. The van der Waals surface area contributed by atoms with Crippen molar-refractivity contribution in [3.8, 4) is 5.75 Å². The van der Waals surface area contributed by atoms with E-state index in [-0.39, 0.29) is 5.91 Å². The topological polar surface area (TPSA) is 76.4 Å². The summed E-state index contributed by atoms with van der Waals surface area (Å²) in [7, 11) is 0. The number of rotatable bonds is 10. The van der Waals surface area contributed by atoms with Crippen molar-refractivity contribution in [1.29, 1.82) is 0 Å². The Morgan fingerprint density at radius 2 is 1.70 bits per heavy atom. The van der Waals surface area contributed by atoms with E-state index in [0.29, 0.717) is 28.6 Å². The van der Waals surface area contributed by atoms with Crippen molar-refractivity contribution in [3.05, 3.63) is 47.0 Å². The van der Waals surface area contributed by atoms with E-state index >= 15 is 0 Å². The van der Waals surface area contributed by atoms with Crippen molar-refractivity contribution in [3.63, 3.8) is 0 Å². The van der Waals surface area contributed by atoms with Crippen LogP contribution in [-0.2, 0) is 0 Å². The second-order valence-electron chi connectivity index (χ2n) is 6.35. The number of nitrogens with one attached hydrogen (secondary N) is 2. The van der Waals surface area contributed by atoms with Crippen LogP contribution in [0.25, 0.3) is 0 Å². The molecule has 5 nitrogen and oxygen atoms in total. The average molecular weight is 390 g/mol. The van der Waals surface area contributed by atoms with Gasteiger partial charge in [-0.25, -0.2) is 0 Å². The zero-order valence-electron chi connectivity index (χ0n) is 16.0. The highest BCUT2D eigenvalue weighted by Crippen LogP contribution is 2.34. The molecule has 2 aromatic rings. The number of carbonyl (C=O) groups excluding carboxylic acids is 1. The zero-order chi connectivity index (χ0) is 19.6. The Morgan fingerprint density at radius 1 is 1.04 bits per heavy atom. The summed E-state index contributed by atoms with van der Waals surface area (Å²) in [6.07, 6.45) is 4.23. The Hall–Kier alpha value is -2.40. The lowest BCUT2D eigenvalue weighted by Crippen LogP contribution is -2.13. The molecular weight excluding hydrogens is 362 g/mol. The van der Waals surface area contributed by atoms with Gasteiger partial charge in [-0.15, -0.1) is 0 Å². The van der Waals surface area contributed by atoms with Crippen LogP contribution in [0.4, 0.5) is 17.1 Å². The van der Waals surface area contributed by atoms with Gasteiger partial charge in [-0.05, 0) is 49.2 Å². The highest BCUT2D eigenvalue weighted by Gasteiger charge is 2.13. The minimum atomic E-state index is -0.247. The van der Waals surface area contributed by atoms with E-state index in [1.165, 1.54) is 0 Å². The summed E-state index contributed by atoms with van der Waals surface area (Å²) >= 11 is 6.34. The van der Waals surface area contributed by atoms with Gasteiger partial charge in [-0.3, -0.25) is 4.79 Å². The molecule has 0 aliphatic rings. The zero-order valence-corrected chi connectivity index (χ0v) is 16.7. The van der Waals surface area contributed by atoms with E-state index < -0.39 is 0 Å². The average Bonchev–Trinajstić information content (AvgIpc) is 2.68. The van der Waals surface area contributed by atoms with Gasteiger partial charge in [0.25, 0.3) is 5.91 Å². The number of amides is 1. The molecule has 0 spiro atoms. The summed E-state index contributed by atoms with van der Waals surface area (Å²) in [6.45, 7) is 5.74. The van der Waals surface area contributed by atoms with Crippen LogP contribution in [0.3, 0.4) is 0 Å². The van der Waals surface area contributed by atoms with E-state index in [2.05, 4.69) is 24.5 Å². The molecule has 0 fully saturated rings. The van der Waals surface area contributed by atoms with Crippen molar-refractivity contribution >= 4 is 34.6 Å². The second kappa shape index (κ2) is 10.7. The Balaban J connectivity index is 2.01. The van der Waals surface area contributed by atoms with Crippen LogP contribution in [0, 0.1) is 0 Å². The molecule has 0 aliphatic heterocycles. The molecule has 0 heterocycles. The van der Waals surface area contributed by atoms with Gasteiger partial charge in [0.2, 0.25) is 0 Å². The van der Waals surface area contributed by atoms with Crippen LogP contribution in [0.15, 0.2) is 36.4 Å². The molecule has 0 bridgehead atoms. The van der Waals surface area contributed by atoms with Crippen LogP contribution < -0.4 is 21.1 Å². The lowest BCUT2D eigenvalue weighted by atomic mass is 10.2. The molecule has 0 saturated heterocycles. The number of hydrogen-bond acceptors (Lipinski definition) is 4. The van der Waals surface area contributed by atoms with Crippen molar-refractivity contribution in [2.45, 2.75) is 39.5 Å². The number of benzene rings is 2. The fourth-order valence-corrected chi connectivity index (χ4v) is 2.69. The summed E-state index contributed by atoms with van der Waals surface area (Å²) in [6, 6.07) is 10.6. The van der Waals surface area contributed by atoms with Crippen molar-refractivity contribution in [2.75, 3.05) is 29.5 Å². The maximum Gasteiger partial charge on any atom is 0.255 e. The molecule has 0 unspecified atom stereocenters. The monoisotopic (exact) mass is 389 g/mol. The van der Waals surface area contributed by atoms with Gasteiger partial charge in [-0.1, -0.05) is 38.3 Å². The third-order valence-electron chi connectivity index (χ3n) is 4.16. The Kier molecular flexibility index (Phi) is 8.27. The summed E-state index contributed by atoms with van der Waals surface area (Å²) in [5, 5.41) is 6.41. The number of nitrogens with two attached hydrogens (primary N) is 1. The Bertz CT molecular complexity index is 748. The lowest BCUT2D eigenvalue weighted by Gasteiger charge is -2.14. The van der Waals surface area contributed by atoms with E-state index in [9.17, 15) is 4.79 Å². The van der Waals surface area contributed by atoms with E-state index in [4.69, 9.17) is 22.1 Å². The second-order valence-corrected chi connectivity index (χ2v) is 6.73. The standard InChI is InChI=1S/C21H28ClN3O2/c1-3-5-13-24-18-12-11-17(19(22)20(18)23)25-21(26)15-7-9-16(10-8-15)27-14-6-4-2/h7-12,24H,3-6,13-14,23H2,1-2H3,(H,25,26). The first kappa shape index (κ1) is 20.9. The van der Waals surface area contributed by atoms with Crippen LogP contribution in [0.2, 0.25) is 5.02 Å². The van der Waals surface area contributed by atoms with Crippen molar-refractivity contribution in [2.24, 2.45) is 0 Å². The van der Waals surface area contributed by atoms with E-state index in [1.807, 2.05) is 6.07 Å². The molecule has 0 saturated carbocycles. The summed E-state index contributed by atoms with van der Waals surface area (Å²) < 4.78 is 5.61. The molecule has 4 N–H and O–H groups in total. The molecular formula is C21H28ClN3O2. The Morgan fingerprint density at radius 3 is 2.37 bits per heavy atom. The largest absolute Gasteiger partial charge is 0.494 e. The number of ether oxygens (including phenoxy) is 1. The maximum absolute atomic E-state index is 12.5. The molecule has 0 radical (unpaired) electrons. The van der Waals surface area contributed by atoms with Gasteiger partial charge < -0.3 is 21.1 Å². The first-order valence-corrected chi connectivity index (χ1v) is 9.80. The normalized spacial score (nSPS) is 10.5. The maximum atomic E-state index is 12.5. The summed E-state index contributed by atoms with van der Waals surface area (Å²) in [5.41, 5.74) is 8.32. The fourth-order valence-electron chi connectivity index (χ4n) is 2.47. The third-order valence-corrected chi connectivity index (χ3v) is 4.56. The molecule has 0 aromatic heterocycles. The molecule has 146 valence electrons. The van der Waals surface area contributed by atoms with Crippen LogP contribution in [0.5, 0.6) is 5.75 Å². The molecule has 2 rings (SSSR count). The van der Waals surface area contributed by atoms with Crippen molar-refractivity contribution < 1.29 is 9.53 Å². The summed E-state index contributed by atoms with van der Waals surface area (Å²) in [4.78, 5) is 12.5. The predicted molar refractivity (Wildman–Crippen MR) is 114 cm³/mol. The lowest BCUT2D eigenvalue weighted by molar-refractivity contribution is 0.102. The van der Waals surface area contributed by atoms with Crippen LogP contribution in [-0.4, -0.2) is 19.1 Å². The van der Waals surface area contributed by atoms with Gasteiger partial charge in [0.15, 0.2) is 0 Å². The van der Waals surface area contributed by atoms with Gasteiger partial charge in [-0.2, -0.15) is 0 Å². The van der Waals surface area contributed by atoms with Crippen LogP contribution in [0.1, 0.15) is 49.9 Å². The predicted octanol–water partition coefficient (Wildman–Crippen LogP) is 5.57. The van der Waals surface area contributed by atoms with Crippen molar-refractivity contribution in [1.82, 2.24) is 0 Å². The molecule has 0 aliphatic carbocycles. The SMILES string of the molecule is CCCCNc1ccc(NC(=O)c2ccc(OCCCC)cc2)c(Cl)c1N. The molecule has 6 heteroatoms. The first-order valence-electron chi connectivity index (χ1n) is 9.42. The Labute approximate surface area is 166 Å². The van der Waals surface area contributed by atoms with E-state index in [0.717, 1.165) is 43.7 Å². The van der Waals surface area contributed by atoms with E-state index in [1.54, 1.807) is 30.3 Å². The van der Waals surface area contributed by atoms with Gasteiger partial charge in [0.1, 0.15) is 5.75 Å². The van der Waals surface area contributed by atoms with Crippen LogP contribution >= 0.6 is 11.6 Å². The quantitative estimate of drug-likeness (QED) is 0.367. The highest BCUT2D eigenvalue weighted by atomic mass is 35.5. The molecule has 0 atom stereocenters. The molecule has 1 amide bonds. The first-order chi connectivity index (χ1) is 13.1. The minimum absolute atomic E-state index is 0.247. The number of nitrogen functional groups attached to an aromatic ring is 1. The third kappa shape index (κ3) is 6.07. The smallest absolute Gasteiger partial charge is 0.255 e. The number of halogens is 1. The minimum Gasteiger partial charge on any atom is -0.494 e. The number of hydrogen-bond donors (Lipinski definition) is 3. The fraction of sp³-hybridized carbons (Fsp3) is 0.381. The van der Waals surface area contributed by atoms with Gasteiger partial charge in [0, 0.05) is 12.1 Å². The number of carbonyl (C=O) groups is 1. The summed E-state index contributed by atoms with van der Waals surface area (Å²) in [5.74, 6) is 0.507. The number of unbranched alkanes of at least 4 members (excludes halogenated alkanes) is 2. The molecule has 2 aromatic carbocycles. The van der Waals surface area contributed by atoms with Gasteiger partial charge in [0.05, 0.1) is 28.7 Å². The molecule has 27 heavy (non-hydrogen) atoms. The van der Waals surface area contributed by atoms with Gasteiger partial charge >= 0.3 is 0 Å². The highest BCUT2D eigenvalue weighted by molar-refractivity contribution is 6.37.